The number of nitrogens with one attached hydrogen (secondary N) is 1. The number of hydrogen-bond donors (Lipinski definition) is 2. The van der Waals surface area contributed by atoms with E-state index in [0.29, 0.717) is 17.4 Å². The Bertz CT molecular complexity index is 520. The molecule has 1 fully saturated rings. The molecule has 112 valence electrons. The molecule has 0 amide bonds. The molecule has 1 saturated carbocycles. The van der Waals surface area contributed by atoms with Crippen molar-refractivity contribution in [3.8, 4) is 0 Å². The SMILES string of the molecule is O=S(=O)(NCC1CCC(CO)CC1Br)c1ccccc1. The quantitative estimate of drug-likeness (QED) is 0.789. The Hall–Kier alpha value is -0.430. The zero-order valence-electron chi connectivity index (χ0n) is 11.2. The van der Waals surface area contributed by atoms with Gasteiger partial charge in [0.15, 0.2) is 0 Å². The van der Waals surface area contributed by atoms with Crippen molar-refractivity contribution in [2.45, 2.75) is 29.0 Å². The minimum atomic E-state index is -3.42. The lowest BCUT2D eigenvalue weighted by Crippen LogP contribution is -2.36. The second kappa shape index (κ2) is 7.02. The molecule has 0 heterocycles. The molecule has 1 aromatic rings. The summed E-state index contributed by atoms with van der Waals surface area (Å²) in [5.41, 5.74) is 0. The first-order chi connectivity index (χ1) is 9.53. The lowest BCUT2D eigenvalue weighted by molar-refractivity contribution is 0.173. The van der Waals surface area contributed by atoms with Crippen LogP contribution in [0.25, 0.3) is 0 Å². The molecular formula is C14H20BrNO3S. The molecule has 4 nitrogen and oxygen atoms in total. The van der Waals surface area contributed by atoms with Gasteiger partial charge in [0.2, 0.25) is 10.0 Å². The van der Waals surface area contributed by atoms with Crippen molar-refractivity contribution in [1.29, 1.82) is 0 Å². The van der Waals surface area contributed by atoms with E-state index in [2.05, 4.69) is 20.7 Å². The average molecular weight is 362 g/mol. The van der Waals surface area contributed by atoms with Gasteiger partial charge in [-0.1, -0.05) is 34.1 Å². The zero-order valence-corrected chi connectivity index (χ0v) is 13.6. The molecule has 0 aliphatic heterocycles. The molecule has 1 aromatic carbocycles. The molecule has 1 aliphatic rings. The van der Waals surface area contributed by atoms with E-state index in [1.807, 2.05) is 0 Å². The summed E-state index contributed by atoms with van der Waals surface area (Å²) in [5, 5.41) is 9.17. The Morgan fingerprint density at radius 2 is 1.95 bits per heavy atom. The Balaban J connectivity index is 1.92. The molecule has 2 rings (SSSR count). The third kappa shape index (κ3) is 4.04. The van der Waals surface area contributed by atoms with Gasteiger partial charge >= 0.3 is 0 Å². The zero-order chi connectivity index (χ0) is 14.6. The van der Waals surface area contributed by atoms with E-state index in [9.17, 15) is 13.5 Å². The van der Waals surface area contributed by atoms with E-state index in [-0.39, 0.29) is 17.4 Å². The van der Waals surface area contributed by atoms with Gasteiger partial charge < -0.3 is 5.11 Å². The van der Waals surface area contributed by atoms with Gasteiger partial charge in [0.25, 0.3) is 0 Å². The van der Waals surface area contributed by atoms with Crippen LogP contribution in [0, 0.1) is 11.8 Å². The average Bonchev–Trinajstić information content (AvgIpc) is 2.47. The van der Waals surface area contributed by atoms with Crippen LogP contribution in [-0.2, 0) is 10.0 Å². The Labute approximate surface area is 128 Å². The predicted molar refractivity (Wildman–Crippen MR) is 82.3 cm³/mol. The lowest BCUT2D eigenvalue weighted by Gasteiger charge is -2.32. The van der Waals surface area contributed by atoms with E-state index in [0.717, 1.165) is 19.3 Å². The molecule has 20 heavy (non-hydrogen) atoms. The summed E-state index contributed by atoms with van der Waals surface area (Å²) in [7, 11) is -3.42. The van der Waals surface area contributed by atoms with Crippen molar-refractivity contribution in [3.05, 3.63) is 30.3 Å². The first-order valence-electron chi connectivity index (χ1n) is 6.82. The van der Waals surface area contributed by atoms with Crippen molar-refractivity contribution in [1.82, 2.24) is 4.72 Å². The maximum Gasteiger partial charge on any atom is 0.240 e. The van der Waals surface area contributed by atoms with E-state index < -0.39 is 10.0 Å². The first kappa shape index (κ1) is 15.9. The monoisotopic (exact) mass is 361 g/mol. The van der Waals surface area contributed by atoms with Crippen LogP contribution in [0.3, 0.4) is 0 Å². The van der Waals surface area contributed by atoms with E-state index in [1.54, 1.807) is 30.3 Å². The summed E-state index contributed by atoms with van der Waals surface area (Å²) in [4.78, 5) is 0.557. The summed E-state index contributed by atoms with van der Waals surface area (Å²) in [6.45, 7) is 0.649. The number of aliphatic hydroxyl groups is 1. The van der Waals surface area contributed by atoms with Crippen molar-refractivity contribution >= 4 is 26.0 Å². The largest absolute Gasteiger partial charge is 0.396 e. The number of aliphatic hydroxyl groups excluding tert-OH is 1. The number of alkyl halides is 1. The van der Waals surface area contributed by atoms with Crippen LogP contribution in [0.5, 0.6) is 0 Å². The van der Waals surface area contributed by atoms with Gasteiger partial charge in [0.05, 0.1) is 4.90 Å². The van der Waals surface area contributed by atoms with Crippen molar-refractivity contribution in [2.75, 3.05) is 13.2 Å². The van der Waals surface area contributed by atoms with Gasteiger partial charge in [0, 0.05) is 18.0 Å². The highest BCUT2D eigenvalue weighted by atomic mass is 79.9. The molecule has 3 atom stereocenters. The van der Waals surface area contributed by atoms with Crippen LogP contribution in [-0.4, -0.2) is 31.5 Å². The summed E-state index contributed by atoms with van der Waals surface area (Å²) in [6.07, 6.45) is 2.78. The van der Waals surface area contributed by atoms with Crippen LogP contribution in [0.4, 0.5) is 0 Å². The number of rotatable bonds is 5. The van der Waals surface area contributed by atoms with E-state index >= 15 is 0 Å². The number of sulfonamides is 1. The highest BCUT2D eigenvalue weighted by Gasteiger charge is 2.29. The molecule has 0 aromatic heterocycles. The summed E-state index contributed by atoms with van der Waals surface area (Å²) < 4.78 is 27.0. The fourth-order valence-electron chi connectivity index (χ4n) is 2.55. The van der Waals surface area contributed by atoms with Crippen molar-refractivity contribution in [3.63, 3.8) is 0 Å². The third-order valence-corrected chi connectivity index (χ3v) is 6.42. The number of benzene rings is 1. The molecule has 0 radical (unpaired) electrons. The minimum Gasteiger partial charge on any atom is -0.396 e. The smallest absolute Gasteiger partial charge is 0.240 e. The first-order valence-corrected chi connectivity index (χ1v) is 9.22. The van der Waals surface area contributed by atoms with Crippen molar-refractivity contribution in [2.24, 2.45) is 11.8 Å². The minimum absolute atomic E-state index is 0.213. The van der Waals surface area contributed by atoms with Gasteiger partial charge in [-0.05, 0) is 43.2 Å². The highest BCUT2D eigenvalue weighted by molar-refractivity contribution is 9.09. The van der Waals surface area contributed by atoms with Crippen LogP contribution >= 0.6 is 15.9 Å². The van der Waals surface area contributed by atoms with Gasteiger partial charge in [0.1, 0.15) is 0 Å². The second-order valence-electron chi connectivity index (χ2n) is 5.30. The standard InChI is InChI=1S/C14H20BrNO3S/c15-14-8-11(10-17)6-7-12(14)9-16-20(18,19)13-4-2-1-3-5-13/h1-5,11-12,14,16-17H,6-10H2. The topological polar surface area (TPSA) is 66.4 Å². The van der Waals surface area contributed by atoms with E-state index in [1.165, 1.54) is 0 Å². The Morgan fingerprint density at radius 1 is 1.25 bits per heavy atom. The van der Waals surface area contributed by atoms with Gasteiger partial charge in [-0.15, -0.1) is 0 Å². The highest BCUT2D eigenvalue weighted by Crippen LogP contribution is 2.33. The molecule has 0 spiro atoms. The fourth-order valence-corrected chi connectivity index (χ4v) is 4.65. The maximum absolute atomic E-state index is 12.1. The predicted octanol–water partition coefficient (Wildman–Crippen LogP) is 2.14. The molecule has 0 saturated heterocycles. The molecule has 0 bridgehead atoms. The number of halogens is 1. The van der Waals surface area contributed by atoms with Crippen LogP contribution < -0.4 is 4.72 Å². The fraction of sp³-hybridized carbons (Fsp3) is 0.571. The van der Waals surface area contributed by atoms with E-state index in [4.69, 9.17) is 0 Å². The van der Waals surface area contributed by atoms with Crippen LogP contribution in [0.15, 0.2) is 35.2 Å². The number of hydrogen-bond acceptors (Lipinski definition) is 3. The molecule has 1 aliphatic carbocycles. The third-order valence-electron chi connectivity index (χ3n) is 3.86. The van der Waals surface area contributed by atoms with Gasteiger partial charge in [-0.3, -0.25) is 0 Å². The summed E-state index contributed by atoms with van der Waals surface area (Å²) in [6, 6.07) is 8.42. The summed E-state index contributed by atoms with van der Waals surface area (Å²) in [5.74, 6) is 0.609. The van der Waals surface area contributed by atoms with Crippen LogP contribution in [0.2, 0.25) is 0 Å². The molecule has 2 N–H and O–H groups in total. The Morgan fingerprint density at radius 3 is 2.55 bits per heavy atom. The van der Waals surface area contributed by atoms with Gasteiger partial charge in [-0.2, -0.15) is 0 Å². The lowest BCUT2D eigenvalue weighted by atomic mass is 9.82. The normalized spacial score (nSPS) is 27.4. The molecule has 6 heteroatoms. The summed E-state index contributed by atoms with van der Waals surface area (Å²) >= 11 is 3.61. The maximum atomic E-state index is 12.1. The van der Waals surface area contributed by atoms with Crippen molar-refractivity contribution < 1.29 is 13.5 Å². The molecular weight excluding hydrogens is 342 g/mol. The van der Waals surface area contributed by atoms with Gasteiger partial charge in [-0.25, -0.2) is 13.1 Å². The van der Waals surface area contributed by atoms with Crippen LogP contribution in [0.1, 0.15) is 19.3 Å². The Kier molecular flexibility index (Phi) is 5.60. The molecule has 3 unspecified atom stereocenters. The second-order valence-corrected chi connectivity index (χ2v) is 8.25.